The maximum atomic E-state index is 12.1. The number of epoxide rings is 1. The van der Waals surface area contributed by atoms with E-state index in [4.69, 9.17) is 14.5 Å². The van der Waals surface area contributed by atoms with Gasteiger partial charge in [0, 0.05) is 12.6 Å². The SMILES string of the molecule is CNCC1CCC(C(=O)NC2CCC3OC3C2)OO1. The van der Waals surface area contributed by atoms with Crippen molar-refractivity contribution in [3.63, 3.8) is 0 Å². The highest BCUT2D eigenvalue weighted by molar-refractivity contribution is 5.81. The smallest absolute Gasteiger partial charge is 0.252 e. The molecule has 6 nitrogen and oxygen atoms in total. The van der Waals surface area contributed by atoms with E-state index in [0.717, 1.165) is 32.2 Å². The van der Waals surface area contributed by atoms with Crippen LogP contribution in [0.1, 0.15) is 32.1 Å². The molecule has 108 valence electrons. The van der Waals surface area contributed by atoms with Crippen molar-refractivity contribution >= 4 is 5.91 Å². The molecule has 2 aliphatic heterocycles. The summed E-state index contributed by atoms with van der Waals surface area (Å²) in [5.41, 5.74) is 0. The van der Waals surface area contributed by atoms with E-state index in [9.17, 15) is 4.79 Å². The zero-order valence-corrected chi connectivity index (χ0v) is 11.3. The molecule has 6 heteroatoms. The number of fused-ring (bicyclic) bond motifs is 1. The minimum Gasteiger partial charge on any atom is -0.370 e. The van der Waals surface area contributed by atoms with Gasteiger partial charge < -0.3 is 15.4 Å². The lowest BCUT2D eigenvalue weighted by Crippen LogP contribution is -2.47. The van der Waals surface area contributed by atoms with Crippen LogP contribution in [0.4, 0.5) is 0 Å². The van der Waals surface area contributed by atoms with Gasteiger partial charge in [-0.05, 0) is 39.2 Å². The summed E-state index contributed by atoms with van der Waals surface area (Å²) < 4.78 is 5.46. The van der Waals surface area contributed by atoms with Gasteiger partial charge in [0.1, 0.15) is 6.10 Å². The van der Waals surface area contributed by atoms with Crippen molar-refractivity contribution in [3.8, 4) is 0 Å². The highest BCUT2D eigenvalue weighted by Crippen LogP contribution is 2.36. The van der Waals surface area contributed by atoms with Crippen LogP contribution in [0.25, 0.3) is 0 Å². The molecular weight excluding hydrogens is 248 g/mol. The number of likely N-dealkylation sites (N-methyl/N-ethyl adjacent to an activating group) is 1. The van der Waals surface area contributed by atoms with Crippen molar-refractivity contribution in [1.29, 1.82) is 0 Å². The highest BCUT2D eigenvalue weighted by atomic mass is 17.2. The van der Waals surface area contributed by atoms with E-state index in [-0.39, 0.29) is 18.1 Å². The van der Waals surface area contributed by atoms with E-state index in [1.807, 2.05) is 7.05 Å². The van der Waals surface area contributed by atoms with Gasteiger partial charge in [0.2, 0.25) is 0 Å². The normalized spacial score (nSPS) is 41.4. The molecule has 19 heavy (non-hydrogen) atoms. The second kappa shape index (κ2) is 5.75. The van der Waals surface area contributed by atoms with Gasteiger partial charge in [-0.15, -0.1) is 0 Å². The predicted octanol–water partition coefficient (Wildman–Crippen LogP) is 0.121. The first-order valence-electron chi connectivity index (χ1n) is 7.19. The van der Waals surface area contributed by atoms with Gasteiger partial charge in [0.05, 0.1) is 12.2 Å². The number of amides is 1. The summed E-state index contributed by atoms with van der Waals surface area (Å²) in [6, 6.07) is 0.231. The summed E-state index contributed by atoms with van der Waals surface area (Å²) in [5.74, 6) is -0.0491. The summed E-state index contributed by atoms with van der Waals surface area (Å²) in [6.07, 6.45) is 4.98. The lowest BCUT2D eigenvalue weighted by Gasteiger charge is -2.29. The minimum atomic E-state index is -0.467. The quantitative estimate of drug-likeness (QED) is 0.561. The molecule has 5 atom stereocenters. The lowest BCUT2D eigenvalue weighted by atomic mass is 9.95. The van der Waals surface area contributed by atoms with Gasteiger partial charge in [-0.3, -0.25) is 4.79 Å². The van der Waals surface area contributed by atoms with Crippen LogP contribution in [-0.2, 0) is 19.3 Å². The van der Waals surface area contributed by atoms with Crippen LogP contribution in [0.15, 0.2) is 0 Å². The van der Waals surface area contributed by atoms with Crippen LogP contribution >= 0.6 is 0 Å². The maximum absolute atomic E-state index is 12.1. The van der Waals surface area contributed by atoms with Gasteiger partial charge in [0.25, 0.3) is 5.91 Å². The summed E-state index contributed by atoms with van der Waals surface area (Å²) >= 11 is 0. The monoisotopic (exact) mass is 270 g/mol. The first-order chi connectivity index (χ1) is 9.26. The number of rotatable bonds is 4. The number of carbonyl (C=O) groups is 1. The van der Waals surface area contributed by atoms with Crippen molar-refractivity contribution in [1.82, 2.24) is 10.6 Å². The summed E-state index contributed by atoms with van der Waals surface area (Å²) in [5, 5.41) is 6.09. The topological polar surface area (TPSA) is 72.1 Å². The average molecular weight is 270 g/mol. The lowest BCUT2D eigenvalue weighted by molar-refractivity contribution is -0.363. The number of hydrogen-bond donors (Lipinski definition) is 2. The molecular formula is C13H22N2O4. The molecule has 0 radical (unpaired) electrons. The zero-order valence-electron chi connectivity index (χ0n) is 11.3. The van der Waals surface area contributed by atoms with Crippen molar-refractivity contribution < 1.29 is 19.3 Å². The summed E-state index contributed by atoms with van der Waals surface area (Å²) in [7, 11) is 1.87. The largest absolute Gasteiger partial charge is 0.370 e. The van der Waals surface area contributed by atoms with Gasteiger partial charge in [-0.1, -0.05) is 0 Å². The summed E-state index contributed by atoms with van der Waals surface area (Å²) in [4.78, 5) is 22.5. The van der Waals surface area contributed by atoms with Crippen molar-refractivity contribution in [2.24, 2.45) is 0 Å². The Kier molecular flexibility index (Phi) is 4.02. The molecule has 1 amide bonds. The molecule has 3 rings (SSSR count). The molecule has 0 aromatic carbocycles. The molecule has 0 aromatic rings. The van der Waals surface area contributed by atoms with Gasteiger partial charge in [-0.2, -0.15) is 0 Å². The second-order valence-corrected chi connectivity index (χ2v) is 5.67. The van der Waals surface area contributed by atoms with Crippen LogP contribution in [-0.4, -0.2) is 50.0 Å². The molecule has 3 aliphatic rings. The van der Waals surface area contributed by atoms with Crippen LogP contribution in [0.3, 0.4) is 0 Å². The van der Waals surface area contributed by atoms with Gasteiger partial charge in [-0.25, -0.2) is 9.78 Å². The Labute approximate surface area is 113 Å². The molecule has 5 unspecified atom stereocenters. The Bertz CT molecular complexity index is 331. The summed E-state index contributed by atoms with van der Waals surface area (Å²) in [6.45, 7) is 0.747. The molecule has 1 aliphatic carbocycles. The van der Waals surface area contributed by atoms with Crippen LogP contribution in [0.5, 0.6) is 0 Å². The minimum absolute atomic E-state index is 0.0457. The van der Waals surface area contributed by atoms with E-state index < -0.39 is 6.10 Å². The van der Waals surface area contributed by atoms with E-state index in [0.29, 0.717) is 18.6 Å². The Morgan fingerprint density at radius 1 is 1.16 bits per heavy atom. The van der Waals surface area contributed by atoms with Crippen LogP contribution < -0.4 is 10.6 Å². The third-order valence-electron chi connectivity index (χ3n) is 4.13. The molecule has 0 spiro atoms. The molecule has 2 N–H and O–H groups in total. The number of ether oxygens (including phenoxy) is 1. The zero-order chi connectivity index (χ0) is 13.2. The van der Waals surface area contributed by atoms with E-state index in [1.54, 1.807) is 0 Å². The van der Waals surface area contributed by atoms with Gasteiger partial charge in [0.15, 0.2) is 6.10 Å². The fourth-order valence-corrected chi connectivity index (χ4v) is 2.95. The Morgan fingerprint density at radius 3 is 2.74 bits per heavy atom. The molecule has 0 aromatic heterocycles. The Morgan fingerprint density at radius 2 is 2.05 bits per heavy atom. The standard InChI is InChI=1S/C13H22N2O4/c1-14-7-9-3-5-11(19-18-9)13(16)15-8-2-4-10-12(6-8)17-10/h8-12,14H,2-7H2,1H3,(H,15,16). The molecule has 1 saturated carbocycles. The number of hydrogen-bond acceptors (Lipinski definition) is 5. The van der Waals surface area contributed by atoms with Gasteiger partial charge >= 0.3 is 0 Å². The van der Waals surface area contributed by atoms with Crippen LogP contribution in [0, 0.1) is 0 Å². The third kappa shape index (κ3) is 3.25. The third-order valence-corrected chi connectivity index (χ3v) is 4.13. The van der Waals surface area contributed by atoms with Crippen molar-refractivity contribution in [3.05, 3.63) is 0 Å². The van der Waals surface area contributed by atoms with E-state index >= 15 is 0 Å². The number of carbonyl (C=O) groups excluding carboxylic acids is 1. The van der Waals surface area contributed by atoms with Crippen molar-refractivity contribution in [2.75, 3.05) is 13.6 Å². The highest BCUT2D eigenvalue weighted by Gasteiger charge is 2.44. The fraction of sp³-hybridized carbons (Fsp3) is 0.923. The Balaban J connectivity index is 1.41. The van der Waals surface area contributed by atoms with Crippen LogP contribution in [0.2, 0.25) is 0 Å². The average Bonchev–Trinajstić information content (AvgIpc) is 3.18. The maximum Gasteiger partial charge on any atom is 0.252 e. The Hall–Kier alpha value is -0.690. The second-order valence-electron chi connectivity index (χ2n) is 5.67. The fourth-order valence-electron chi connectivity index (χ4n) is 2.95. The number of nitrogens with one attached hydrogen (secondary N) is 2. The van der Waals surface area contributed by atoms with Crippen molar-refractivity contribution in [2.45, 2.75) is 62.6 Å². The predicted molar refractivity (Wildman–Crippen MR) is 67.3 cm³/mol. The van der Waals surface area contributed by atoms with E-state index in [1.165, 1.54) is 0 Å². The molecule has 2 heterocycles. The molecule has 2 saturated heterocycles. The first kappa shape index (κ1) is 13.3. The van der Waals surface area contributed by atoms with E-state index in [2.05, 4.69) is 10.6 Å². The molecule has 0 bridgehead atoms. The molecule has 3 fully saturated rings. The first-order valence-corrected chi connectivity index (χ1v) is 7.19.